The van der Waals surface area contributed by atoms with Crippen LogP contribution in [0.5, 0.6) is 0 Å². The molecule has 5 N–H and O–H groups in total. The van der Waals surface area contributed by atoms with E-state index in [0.29, 0.717) is 11.5 Å². The lowest BCUT2D eigenvalue weighted by Gasteiger charge is -2.01. The molecule has 6 heteroatoms. The van der Waals surface area contributed by atoms with Crippen molar-refractivity contribution in [3.63, 3.8) is 0 Å². The highest BCUT2D eigenvalue weighted by atomic mass is 16.1. The van der Waals surface area contributed by atoms with Crippen LogP contribution in [0.15, 0.2) is 6.20 Å². The summed E-state index contributed by atoms with van der Waals surface area (Å²) in [7, 11) is 0. The third-order valence-corrected chi connectivity index (χ3v) is 1.12. The monoisotopic (exact) mass is 155 g/mol. The van der Waals surface area contributed by atoms with Crippen molar-refractivity contribution in [1.29, 1.82) is 0 Å². The van der Waals surface area contributed by atoms with Crippen LogP contribution in [0.25, 0.3) is 0 Å². The Morgan fingerprint density at radius 2 is 2.45 bits per heavy atom. The minimum atomic E-state index is -0.232. The molecule has 1 aromatic rings. The zero-order valence-electron chi connectivity index (χ0n) is 6.03. The first-order valence-electron chi connectivity index (χ1n) is 2.97. The van der Waals surface area contributed by atoms with Gasteiger partial charge >= 0.3 is 0 Å². The number of carbonyl (C=O) groups is 1. The molecule has 1 rings (SSSR count). The third-order valence-electron chi connectivity index (χ3n) is 1.12. The molecule has 0 fully saturated rings. The largest absolute Gasteiger partial charge is 0.394 e. The molecule has 0 unspecified atom stereocenters. The number of amides is 1. The van der Waals surface area contributed by atoms with Gasteiger partial charge in [0.25, 0.3) is 0 Å². The maximum absolute atomic E-state index is 10.6. The lowest BCUT2D eigenvalue weighted by Crippen LogP contribution is -2.18. The number of hydrogen-bond donors (Lipinski definition) is 3. The maximum atomic E-state index is 10.6. The fourth-order valence-electron chi connectivity index (χ4n) is 0.672. The number of hydrogen-bond acceptors (Lipinski definition) is 4. The number of nitrogen functional groups attached to an aromatic ring is 2. The Balaban J connectivity index is 2.92. The molecule has 0 saturated heterocycles. The molecule has 0 aliphatic heterocycles. The van der Waals surface area contributed by atoms with Crippen molar-refractivity contribution in [2.45, 2.75) is 6.92 Å². The summed E-state index contributed by atoms with van der Waals surface area (Å²) in [6.07, 6.45) is 1.37. The number of nitrogens with zero attached hydrogens (tertiary/aromatic N) is 2. The second kappa shape index (κ2) is 2.49. The van der Waals surface area contributed by atoms with Crippen LogP contribution < -0.4 is 16.9 Å². The number of rotatable bonds is 1. The number of carbonyl (C=O) groups excluding carboxylic acids is 1. The van der Waals surface area contributed by atoms with Crippen molar-refractivity contribution in [3.8, 4) is 0 Å². The maximum Gasteiger partial charge on any atom is 0.222 e. The predicted octanol–water partition coefficient (Wildman–Crippen LogP) is -0.863. The van der Waals surface area contributed by atoms with Crippen LogP contribution in [0.3, 0.4) is 0 Å². The molecule has 1 aromatic heterocycles. The molecule has 0 aromatic carbocycles. The van der Waals surface area contributed by atoms with Crippen LogP contribution in [0.2, 0.25) is 0 Å². The van der Waals surface area contributed by atoms with Crippen LogP contribution in [0.4, 0.5) is 11.5 Å². The number of anilines is 2. The van der Waals surface area contributed by atoms with Crippen molar-refractivity contribution >= 4 is 17.4 Å². The first kappa shape index (κ1) is 7.39. The molecule has 1 heterocycles. The Hall–Kier alpha value is -1.72. The summed E-state index contributed by atoms with van der Waals surface area (Å²) in [5.41, 5.74) is 5.76. The van der Waals surface area contributed by atoms with Crippen LogP contribution >= 0.6 is 0 Å². The highest BCUT2D eigenvalue weighted by Crippen LogP contribution is 2.13. The van der Waals surface area contributed by atoms with E-state index >= 15 is 0 Å². The molecular weight excluding hydrogens is 146 g/mol. The first-order chi connectivity index (χ1) is 5.11. The van der Waals surface area contributed by atoms with Gasteiger partial charge in [-0.25, -0.2) is 0 Å². The molecule has 0 bridgehead atoms. The molecule has 6 nitrogen and oxygen atoms in total. The molecule has 11 heavy (non-hydrogen) atoms. The van der Waals surface area contributed by atoms with Gasteiger partial charge in [-0.2, -0.15) is 9.89 Å². The van der Waals surface area contributed by atoms with E-state index < -0.39 is 0 Å². The Kier molecular flexibility index (Phi) is 1.67. The zero-order valence-corrected chi connectivity index (χ0v) is 6.03. The van der Waals surface area contributed by atoms with Crippen LogP contribution in [-0.4, -0.2) is 15.8 Å². The summed E-state index contributed by atoms with van der Waals surface area (Å²) in [6.45, 7) is 1.37. The fraction of sp³-hybridized carbons (Fsp3) is 0.200. The van der Waals surface area contributed by atoms with E-state index in [9.17, 15) is 4.79 Å². The van der Waals surface area contributed by atoms with Crippen LogP contribution in [-0.2, 0) is 4.79 Å². The van der Waals surface area contributed by atoms with Gasteiger partial charge in [0.2, 0.25) is 5.91 Å². The Labute approximate surface area is 63.1 Å². The van der Waals surface area contributed by atoms with E-state index in [0.717, 1.165) is 4.79 Å². The van der Waals surface area contributed by atoms with E-state index in [1.807, 2.05) is 0 Å². The van der Waals surface area contributed by atoms with Gasteiger partial charge in [-0.15, -0.1) is 0 Å². The lowest BCUT2D eigenvalue weighted by molar-refractivity contribution is -0.114. The quantitative estimate of drug-likeness (QED) is 0.459. The number of nitrogens with one attached hydrogen (secondary N) is 1. The van der Waals surface area contributed by atoms with Gasteiger partial charge in [0, 0.05) is 6.92 Å². The van der Waals surface area contributed by atoms with Gasteiger partial charge in [0.15, 0.2) is 5.82 Å². The molecule has 0 aliphatic rings. The van der Waals surface area contributed by atoms with Gasteiger partial charge in [0.05, 0.1) is 11.9 Å². The van der Waals surface area contributed by atoms with Crippen molar-refractivity contribution in [2.24, 2.45) is 0 Å². The highest BCUT2D eigenvalue weighted by molar-refractivity contribution is 5.90. The van der Waals surface area contributed by atoms with Gasteiger partial charge in [0.1, 0.15) is 0 Å². The Bertz CT molecular complexity index is 259. The normalized spacial score (nSPS) is 9.55. The van der Waals surface area contributed by atoms with Gasteiger partial charge in [-0.1, -0.05) is 0 Å². The summed E-state index contributed by atoms with van der Waals surface area (Å²) >= 11 is 0. The van der Waals surface area contributed by atoms with Crippen molar-refractivity contribution in [2.75, 3.05) is 16.9 Å². The van der Waals surface area contributed by atoms with Crippen molar-refractivity contribution in [1.82, 2.24) is 9.89 Å². The molecule has 60 valence electrons. The zero-order chi connectivity index (χ0) is 8.43. The average Bonchev–Trinajstić information content (AvgIpc) is 2.18. The summed E-state index contributed by atoms with van der Waals surface area (Å²) in [6, 6.07) is 0. The number of nitrogens with two attached hydrogens (primary N) is 2. The van der Waals surface area contributed by atoms with E-state index in [2.05, 4.69) is 10.4 Å². The van der Waals surface area contributed by atoms with Gasteiger partial charge in [-0.05, 0) is 0 Å². The summed E-state index contributed by atoms with van der Waals surface area (Å²) in [5, 5.41) is 6.06. The molecule has 0 radical (unpaired) electrons. The Morgan fingerprint density at radius 1 is 1.82 bits per heavy atom. The average molecular weight is 155 g/mol. The summed E-state index contributed by atoms with van der Waals surface area (Å²) in [5.74, 6) is 5.39. The standard InChI is InChI=1S/C5H9N5O/c1-3(11)9-5-4(6)2-8-10(5)7/h2H,6-7H2,1H3,(H,9,11). The second-order valence-corrected chi connectivity index (χ2v) is 2.07. The van der Waals surface area contributed by atoms with Gasteiger partial charge in [-0.3, -0.25) is 4.79 Å². The topological polar surface area (TPSA) is 99.0 Å². The third kappa shape index (κ3) is 1.40. The smallest absolute Gasteiger partial charge is 0.222 e. The van der Waals surface area contributed by atoms with E-state index in [-0.39, 0.29) is 5.91 Å². The highest BCUT2D eigenvalue weighted by Gasteiger charge is 2.05. The molecular formula is C5H9N5O. The molecule has 0 saturated carbocycles. The van der Waals surface area contributed by atoms with Crippen LogP contribution in [0, 0.1) is 0 Å². The molecule has 0 aliphatic carbocycles. The second-order valence-electron chi connectivity index (χ2n) is 2.07. The summed E-state index contributed by atoms with van der Waals surface area (Å²) < 4.78 is 0. The lowest BCUT2D eigenvalue weighted by atomic mass is 10.5. The van der Waals surface area contributed by atoms with E-state index in [4.69, 9.17) is 11.6 Å². The minimum absolute atomic E-state index is 0.232. The van der Waals surface area contributed by atoms with Gasteiger partial charge < -0.3 is 16.9 Å². The SMILES string of the molecule is CC(=O)Nc1c(N)cnn1N. The van der Waals surface area contributed by atoms with E-state index in [1.165, 1.54) is 13.1 Å². The van der Waals surface area contributed by atoms with E-state index in [1.54, 1.807) is 0 Å². The van der Waals surface area contributed by atoms with Crippen molar-refractivity contribution < 1.29 is 4.79 Å². The van der Waals surface area contributed by atoms with Crippen LogP contribution in [0.1, 0.15) is 6.92 Å². The first-order valence-corrected chi connectivity index (χ1v) is 2.97. The predicted molar refractivity (Wildman–Crippen MR) is 41.1 cm³/mol. The summed E-state index contributed by atoms with van der Waals surface area (Å²) in [4.78, 5) is 11.6. The fourth-order valence-corrected chi connectivity index (χ4v) is 0.672. The molecule has 0 atom stereocenters. The van der Waals surface area contributed by atoms with Crippen molar-refractivity contribution in [3.05, 3.63) is 6.20 Å². The molecule has 1 amide bonds. The number of aromatic nitrogens is 2. The minimum Gasteiger partial charge on any atom is -0.394 e. The molecule has 0 spiro atoms. The Morgan fingerprint density at radius 3 is 2.82 bits per heavy atom.